The summed E-state index contributed by atoms with van der Waals surface area (Å²) in [5.74, 6) is -0.0953. The highest BCUT2D eigenvalue weighted by Gasteiger charge is 2.58. The highest BCUT2D eigenvalue weighted by atomic mass is 16.5. The van der Waals surface area contributed by atoms with Crippen LogP contribution >= 0.6 is 0 Å². The van der Waals surface area contributed by atoms with Crippen molar-refractivity contribution in [1.29, 1.82) is 0 Å². The van der Waals surface area contributed by atoms with Crippen molar-refractivity contribution < 1.29 is 24.5 Å². The van der Waals surface area contributed by atoms with Gasteiger partial charge in [-0.05, 0) is 49.0 Å². The van der Waals surface area contributed by atoms with Crippen LogP contribution in [0.1, 0.15) is 59.8 Å². The molecule has 0 heterocycles. The summed E-state index contributed by atoms with van der Waals surface area (Å²) in [6.45, 7) is 11.9. The lowest BCUT2D eigenvalue weighted by molar-refractivity contribution is -0.162. The van der Waals surface area contributed by atoms with E-state index >= 15 is 0 Å². The maximum atomic E-state index is 12.7. The van der Waals surface area contributed by atoms with Gasteiger partial charge in [-0.25, -0.2) is 0 Å². The first-order chi connectivity index (χ1) is 12.5. The molecule has 2 saturated carbocycles. The minimum Gasteiger partial charge on any atom is -0.465 e. The quantitative estimate of drug-likeness (QED) is 0.548. The van der Waals surface area contributed by atoms with Crippen molar-refractivity contribution in [3.8, 4) is 0 Å². The fourth-order valence-electron chi connectivity index (χ4n) is 5.49. The Morgan fingerprint density at radius 1 is 1.33 bits per heavy atom. The molecule has 0 aromatic rings. The summed E-state index contributed by atoms with van der Waals surface area (Å²) in [5, 5.41) is 19.8. The topological polar surface area (TPSA) is 83.8 Å². The standard InChI is InChI=1S/C22H34O5/c1-14(8-9-23)6-7-18-15(2)19(26)10-20-21(4,13-27-16(3)24)11-17(25)12-22(18,20)5/h8,18-20,23,26H,2,6-7,9-13H2,1,3-5H3. The fourth-order valence-corrected chi connectivity index (χ4v) is 5.49. The van der Waals surface area contributed by atoms with E-state index in [0.29, 0.717) is 19.3 Å². The Kier molecular flexibility index (Phi) is 6.69. The van der Waals surface area contributed by atoms with E-state index in [9.17, 15) is 14.7 Å². The van der Waals surface area contributed by atoms with Gasteiger partial charge in [0.25, 0.3) is 0 Å². The third kappa shape index (κ3) is 4.52. The predicted octanol–water partition coefficient (Wildman–Crippen LogP) is 3.20. The second-order valence-corrected chi connectivity index (χ2v) is 9.04. The van der Waals surface area contributed by atoms with Crippen LogP contribution in [-0.2, 0) is 14.3 Å². The number of aliphatic hydroxyl groups excluding tert-OH is 2. The van der Waals surface area contributed by atoms with Crippen molar-refractivity contribution in [2.75, 3.05) is 13.2 Å². The first kappa shape index (κ1) is 21.8. The molecule has 5 heteroatoms. The lowest BCUT2D eigenvalue weighted by Gasteiger charge is -2.58. The Balaban J connectivity index is 2.35. The number of esters is 1. The summed E-state index contributed by atoms with van der Waals surface area (Å²) in [5.41, 5.74) is 1.09. The Labute approximate surface area is 162 Å². The highest BCUT2D eigenvalue weighted by molar-refractivity contribution is 5.81. The first-order valence-corrected chi connectivity index (χ1v) is 9.82. The maximum Gasteiger partial charge on any atom is 0.302 e. The van der Waals surface area contributed by atoms with Crippen LogP contribution in [0.5, 0.6) is 0 Å². The van der Waals surface area contributed by atoms with Gasteiger partial charge in [-0.3, -0.25) is 9.59 Å². The molecule has 2 rings (SSSR count). The number of hydrogen-bond acceptors (Lipinski definition) is 5. The van der Waals surface area contributed by atoms with Gasteiger partial charge in [0, 0.05) is 25.2 Å². The Hall–Kier alpha value is -1.46. The minimum atomic E-state index is -0.611. The molecule has 5 unspecified atom stereocenters. The monoisotopic (exact) mass is 378 g/mol. The van der Waals surface area contributed by atoms with Crippen molar-refractivity contribution in [1.82, 2.24) is 0 Å². The van der Waals surface area contributed by atoms with Crippen molar-refractivity contribution in [3.63, 3.8) is 0 Å². The number of Topliss-reactive ketones (excluding diaryl/α,β-unsaturated/α-hetero) is 1. The van der Waals surface area contributed by atoms with Gasteiger partial charge >= 0.3 is 5.97 Å². The van der Waals surface area contributed by atoms with E-state index in [1.165, 1.54) is 6.92 Å². The third-order valence-corrected chi connectivity index (χ3v) is 6.82. The third-order valence-electron chi connectivity index (χ3n) is 6.82. The molecular formula is C22H34O5. The molecular weight excluding hydrogens is 344 g/mol. The minimum absolute atomic E-state index is 0.00851. The van der Waals surface area contributed by atoms with Gasteiger partial charge < -0.3 is 14.9 Å². The summed E-state index contributed by atoms with van der Waals surface area (Å²) < 4.78 is 5.32. The number of carbonyl (C=O) groups excluding carboxylic acids is 2. The van der Waals surface area contributed by atoms with Crippen molar-refractivity contribution in [2.45, 2.75) is 65.9 Å². The van der Waals surface area contributed by atoms with E-state index in [-0.39, 0.29) is 42.2 Å². The number of allylic oxidation sites excluding steroid dienone is 1. The normalized spacial score (nSPS) is 37.1. The molecule has 0 aliphatic heterocycles. The predicted molar refractivity (Wildman–Crippen MR) is 104 cm³/mol. The molecule has 0 bridgehead atoms. The molecule has 0 aromatic carbocycles. The molecule has 2 fully saturated rings. The van der Waals surface area contributed by atoms with E-state index in [2.05, 4.69) is 13.5 Å². The van der Waals surface area contributed by atoms with Crippen LogP contribution in [-0.4, -0.2) is 41.3 Å². The largest absolute Gasteiger partial charge is 0.465 e. The summed E-state index contributed by atoms with van der Waals surface area (Å²) in [6.07, 6.45) is 4.12. The SMILES string of the molecule is C=C1C(O)CC2C(C)(COC(C)=O)CC(=O)CC2(C)C1CCC(C)=CCO. The summed E-state index contributed by atoms with van der Waals surface area (Å²) in [6, 6.07) is 0. The van der Waals surface area contributed by atoms with Gasteiger partial charge in [0.1, 0.15) is 5.78 Å². The average Bonchev–Trinajstić information content (AvgIpc) is 2.55. The molecule has 2 aliphatic carbocycles. The molecule has 0 saturated heterocycles. The number of fused-ring (bicyclic) bond motifs is 1. The molecule has 0 spiro atoms. The fraction of sp³-hybridized carbons (Fsp3) is 0.727. The lowest BCUT2D eigenvalue weighted by Crippen LogP contribution is -2.57. The van der Waals surface area contributed by atoms with Gasteiger partial charge in [-0.1, -0.05) is 32.1 Å². The number of ketones is 1. The second kappa shape index (κ2) is 8.27. The molecule has 0 radical (unpaired) electrons. The average molecular weight is 379 g/mol. The lowest BCUT2D eigenvalue weighted by atomic mass is 9.46. The molecule has 2 aliphatic rings. The second-order valence-electron chi connectivity index (χ2n) is 9.04. The summed E-state index contributed by atoms with van der Waals surface area (Å²) in [4.78, 5) is 24.1. The number of rotatable bonds is 6. The molecule has 0 aromatic heterocycles. The van der Waals surface area contributed by atoms with Gasteiger partial charge in [-0.15, -0.1) is 0 Å². The van der Waals surface area contributed by atoms with Crippen LogP contribution in [0.3, 0.4) is 0 Å². The van der Waals surface area contributed by atoms with E-state index < -0.39 is 11.5 Å². The molecule has 152 valence electrons. The van der Waals surface area contributed by atoms with Crippen LogP contribution in [0, 0.1) is 22.7 Å². The van der Waals surface area contributed by atoms with Crippen LogP contribution in [0.4, 0.5) is 0 Å². The molecule has 2 N–H and O–H groups in total. The van der Waals surface area contributed by atoms with Crippen molar-refractivity contribution >= 4 is 11.8 Å². The Morgan fingerprint density at radius 3 is 2.59 bits per heavy atom. The highest BCUT2D eigenvalue weighted by Crippen LogP contribution is 2.61. The van der Waals surface area contributed by atoms with E-state index in [0.717, 1.165) is 24.0 Å². The van der Waals surface area contributed by atoms with Crippen LogP contribution < -0.4 is 0 Å². The van der Waals surface area contributed by atoms with E-state index in [4.69, 9.17) is 9.84 Å². The van der Waals surface area contributed by atoms with Crippen LogP contribution in [0.15, 0.2) is 23.8 Å². The van der Waals surface area contributed by atoms with Gasteiger partial charge in [0.15, 0.2) is 0 Å². The van der Waals surface area contributed by atoms with Crippen molar-refractivity contribution in [3.05, 3.63) is 23.8 Å². The molecule has 5 atom stereocenters. The Morgan fingerprint density at radius 2 is 2.00 bits per heavy atom. The van der Waals surface area contributed by atoms with Gasteiger partial charge in [-0.2, -0.15) is 0 Å². The van der Waals surface area contributed by atoms with Crippen molar-refractivity contribution in [2.24, 2.45) is 22.7 Å². The zero-order valence-corrected chi connectivity index (χ0v) is 17.1. The molecule has 27 heavy (non-hydrogen) atoms. The Bertz CT molecular complexity index is 637. The zero-order chi connectivity index (χ0) is 20.4. The smallest absolute Gasteiger partial charge is 0.302 e. The zero-order valence-electron chi connectivity index (χ0n) is 17.1. The summed E-state index contributed by atoms with van der Waals surface area (Å²) >= 11 is 0. The molecule has 5 nitrogen and oxygen atoms in total. The number of carbonyl (C=O) groups is 2. The summed E-state index contributed by atoms with van der Waals surface area (Å²) in [7, 11) is 0. The number of ether oxygens (including phenoxy) is 1. The van der Waals surface area contributed by atoms with E-state index in [1.54, 1.807) is 6.08 Å². The first-order valence-electron chi connectivity index (χ1n) is 9.82. The number of aliphatic hydroxyl groups is 2. The van der Waals surface area contributed by atoms with Gasteiger partial charge in [0.2, 0.25) is 0 Å². The van der Waals surface area contributed by atoms with Gasteiger partial charge in [0.05, 0.1) is 19.3 Å². The number of hydrogen-bond donors (Lipinski definition) is 2. The van der Waals surface area contributed by atoms with E-state index in [1.807, 2.05) is 13.8 Å². The van der Waals surface area contributed by atoms with Crippen LogP contribution in [0.2, 0.25) is 0 Å². The maximum absolute atomic E-state index is 12.7. The van der Waals surface area contributed by atoms with Crippen LogP contribution in [0.25, 0.3) is 0 Å². The molecule has 0 amide bonds.